The molecular formula is C14H18N2O4. The maximum Gasteiger partial charge on any atom is 0.293 e. The molecule has 1 saturated heterocycles. The van der Waals surface area contributed by atoms with Crippen LogP contribution in [0, 0.1) is 16.0 Å². The number of nitro groups is 1. The standard InChI is InChI=1S/C14H18N2O4/c1-10(18)12-4-5-13(14(7-12)16(19)20)15-6-2-3-11(8-15)9-17/h4-5,7,11,17H,2-3,6,8-9H2,1H3/t11-/m1/s1. The van der Waals surface area contributed by atoms with Crippen LogP contribution in [-0.2, 0) is 0 Å². The van der Waals surface area contributed by atoms with Gasteiger partial charge in [-0.05, 0) is 37.8 Å². The first-order valence-electron chi connectivity index (χ1n) is 6.68. The molecule has 108 valence electrons. The van der Waals surface area contributed by atoms with Crippen molar-refractivity contribution in [1.29, 1.82) is 0 Å². The van der Waals surface area contributed by atoms with Crippen LogP contribution in [0.2, 0.25) is 0 Å². The maximum atomic E-state index is 11.3. The molecule has 0 saturated carbocycles. The van der Waals surface area contributed by atoms with E-state index in [1.807, 2.05) is 4.90 Å². The van der Waals surface area contributed by atoms with Gasteiger partial charge in [-0.15, -0.1) is 0 Å². The second-order valence-corrected chi connectivity index (χ2v) is 5.15. The van der Waals surface area contributed by atoms with E-state index >= 15 is 0 Å². The Morgan fingerprint density at radius 2 is 2.30 bits per heavy atom. The lowest BCUT2D eigenvalue weighted by molar-refractivity contribution is -0.384. The fourth-order valence-electron chi connectivity index (χ4n) is 2.59. The van der Waals surface area contributed by atoms with Crippen molar-refractivity contribution in [2.24, 2.45) is 5.92 Å². The number of ketones is 1. The van der Waals surface area contributed by atoms with E-state index in [1.165, 1.54) is 13.0 Å². The summed E-state index contributed by atoms with van der Waals surface area (Å²) in [5.74, 6) is -0.0395. The van der Waals surface area contributed by atoms with Gasteiger partial charge in [0.1, 0.15) is 5.69 Å². The molecule has 0 bridgehead atoms. The monoisotopic (exact) mass is 278 g/mol. The number of anilines is 1. The Hall–Kier alpha value is -1.95. The molecule has 1 fully saturated rings. The first kappa shape index (κ1) is 14.5. The molecule has 1 aliphatic heterocycles. The molecule has 0 spiro atoms. The van der Waals surface area contributed by atoms with Crippen molar-refractivity contribution in [3.05, 3.63) is 33.9 Å². The summed E-state index contributed by atoms with van der Waals surface area (Å²) >= 11 is 0. The quantitative estimate of drug-likeness (QED) is 0.517. The second-order valence-electron chi connectivity index (χ2n) is 5.15. The normalized spacial score (nSPS) is 18.9. The maximum absolute atomic E-state index is 11.3. The molecule has 1 aliphatic rings. The first-order valence-corrected chi connectivity index (χ1v) is 6.68. The highest BCUT2D eigenvalue weighted by Crippen LogP contribution is 2.32. The molecule has 1 aromatic carbocycles. The van der Waals surface area contributed by atoms with E-state index in [1.54, 1.807) is 12.1 Å². The van der Waals surface area contributed by atoms with Crippen LogP contribution in [0.4, 0.5) is 11.4 Å². The topological polar surface area (TPSA) is 83.7 Å². The smallest absolute Gasteiger partial charge is 0.293 e. The van der Waals surface area contributed by atoms with E-state index in [9.17, 15) is 20.0 Å². The summed E-state index contributed by atoms with van der Waals surface area (Å²) in [4.78, 5) is 24.0. The summed E-state index contributed by atoms with van der Waals surface area (Å²) in [5.41, 5.74) is 0.825. The number of hydrogen-bond acceptors (Lipinski definition) is 5. The number of nitro benzene ring substituents is 1. The summed E-state index contributed by atoms with van der Waals surface area (Å²) in [5, 5.41) is 20.5. The second kappa shape index (κ2) is 6.00. The van der Waals surface area contributed by atoms with E-state index < -0.39 is 4.92 Å². The van der Waals surface area contributed by atoms with Crippen molar-refractivity contribution in [1.82, 2.24) is 0 Å². The Bertz CT molecular complexity index is 530. The molecule has 1 heterocycles. The Balaban J connectivity index is 2.35. The van der Waals surface area contributed by atoms with Gasteiger partial charge in [0.2, 0.25) is 0 Å². The molecule has 0 amide bonds. The number of carbonyl (C=O) groups is 1. The number of benzene rings is 1. The van der Waals surface area contributed by atoms with Gasteiger partial charge in [0.05, 0.1) is 4.92 Å². The molecule has 0 aliphatic carbocycles. The number of piperidine rings is 1. The summed E-state index contributed by atoms with van der Waals surface area (Å²) in [6, 6.07) is 4.59. The Morgan fingerprint density at radius 3 is 2.90 bits per heavy atom. The summed E-state index contributed by atoms with van der Waals surface area (Å²) in [7, 11) is 0. The highest BCUT2D eigenvalue weighted by molar-refractivity contribution is 5.95. The average molecular weight is 278 g/mol. The van der Waals surface area contributed by atoms with Gasteiger partial charge >= 0.3 is 0 Å². The van der Waals surface area contributed by atoms with E-state index in [0.29, 0.717) is 17.8 Å². The minimum atomic E-state index is -0.454. The number of rotatable bonds is 4. The highest BCUT2D eigenvalue weighted by atomic mass is 16.6. The SMILES string of the molecule is CC(=O)c1ccc(N2CCC[C@@H](CO)C2)c([N+](=O)[O-])c1. The van der Waals surface area contributed by atoms with E-state index in [0.717, 1.165) is 19.4 Å². The zero-order valence-corrected chi connectivity index (χ0v) is 11.4. The van der Waals surface area contributed by atoms with Crippen LogP contribution in [0.1, 0.15) is 30.1 Å². The largest absolute Gasteiger partial charge is 0.396 e. The lowest BCUT2D eigenvalue weighted by Crippen LogP contribution is -2.37. The molecule has 20 heavy (non-hydrogen) atoms. The first-order chi connectivity index (χ1) is 9.52. The number of nitrogens with zero attached hydrogens (tertiary/aromatic N) is 2. The van der Waals surface area contributed by atoms with Crippen molar-refractivity contribution < 1.29 is 14.8 Å². The van der Waals surface area contributed by atoms with Crippen molar-refractivity contribution in [2.75, 3.05) is 24.6 Å². The van der Waals surface area contributed by atoms with E-state index in [-0.39, 0.29) is 24.0 Å². The van der Waals surface area contributed by atoms with Gasteiger partial charge in [-0.3, -0.25) is 14.9 Å². The van der Waals surface area contributed by atoms with Crippen LogP contribution < -0.4 is 4.90 Å². The van der Waals surface area contributed by atoms with Crippen molar-refractivity contribution in [2.45, 2.75) is 19.8 Å². The zero-order valence-electron chi connectivity index (χ0n) is 11.4. The molecule has 6 heteroatoms. The number of hydrogen-bond donors (Lipinski definition) is 1. The zero-order chi connectivity index (χ0) is 14.7. The molecule has 1 aromatic rings. The Labute approximate surface area is 117 Å². The minimum Gasteiger partial charge on any atom is -0.396 e. The summed E-state index contributed by atoms with van der Waals surface area (Å²) in [6.45, 7) is 2.82. The lowest BCUT2D eigenvalue weighted by atomic mass is 9.98. The average Bonchev–Trinajstić information content (AvgIpc) is 2.46. The van der Waals surface area contributed by atoms with Gasteiger partial charge < -0.3 is 10.0 Å². The Kier molecular flexibility index (Phi) is 4.34. The lowest BCUT2D eigenvalue weighted by Gasteiger charge is -2.33. The number of aliphatic hydroxyl groups is 1. The fourth-order valence-corrected chi connectivity index (χ4v) is 2.59. The van der Waals surface area contributed by atoms with E-state index in [2.05, 4.69) is 0 Å². The molecule has 1 N–H and O–H groups in total. The molecule has 2 rings (SSSR count). The third-order valence-electron chi connectivity index (χ3n) is 3.70. The minimum absolute atomic E-state index is 0.0451. The van der Waals surface area contributed by atoms with E-state index in [4.69, 9.17) is 0 Å². The third-order valence-corrected chi connectivity index (χ3v) is 3.70. The van der Waals surface area contributed by atoms with Crippen LogP contribution >= 0.6 is 0 Å². The van der Waals surface area contributed by atoms with Crippen molar-refractivity contribution >= 4 is 17.2 Å². The van der Waals surface area contributed by atoms with Gasteiger partial charge in [0, 0.05) is 31.3 Å². The van der Waals surface area contributed by atoms with Crippen molar-refractivity contribution in [3.8, 4) is 0 Å². The molecule has 0 aromatic heterocycles. The Morgan fingerprint density at radius 1 is 1.55 bits per heavy atom. The molecule has 6 nitrogen and oxygen atoms in total. The van der Waals surface area contributed by atoms with Gasteiger partial charge in [0.25, 0.3) is 5.69 Å². The van der Waals surface area contributed by atoms with Crippen LogP contribution in [0.15, 0.2) is 18.2 Å². The number of carbonyl (C=O) groups excluding carboxylic acids is 1. The van der Waals surface area contributed by atoms with Crippen molar-refractivity contribution in [3.63, 3.8) is 0 Å². The van der Waals surface area contributed by atoms with Crippen LogP contribution in [0.3, 0.4) is 0 Å². The van der Waals surface area contributed by atoms with Crippen LogP contribution in [-0.4, -0.2) is 35.5 Å². The van der Waals surface area contributed by atoms with Gasteiger partial charge in [-0.25, -0.2) is 0 Å². The highest BCUT2D eigenvalue weighted by Gasteiger charge is 2.25. The number of aliphatic hydroxyl groups excluding tert-OH is 1. The molecule has 0 radical (unpaired) electrons. The third kappa shape index (κ3) is 2.96. The summed E-state index contributed by atoms with van der Waals surface area (Å²) in [6.07, 6.45) is 1.84. The van der Waals surface area contributed by atoms with Crippen LogP contribution in [0.25, 0.3) is 0 Å². The summed E-state index contributed by atoms with van der Waals surface area (Å²) < 4.78 is 0. The number of Topliss-reactive ketones (excluding diaryl/α,β-unsaturated/α-hetero) is 1. The van der Waals surface area contributed by atoms with Crippen LogP contribution in [0.5, 0.6) is 0 Å². The van der Waals surface area contributed by atoms with Gasteiger partial charge in [0.15, 0.2) is 5.78 Å². The predicted octanol–water partition coefficient (Wildman–Crippen LogP) is 2.01. The predicted molar refractivity (Wildman–Crippen MR) is 75.1 cm³/mol. The molecule has 0 unspecified atom stereocenters. The molecular weight excluding hydrogens is 260 g/mol. The van der Waals surface area contributed by atoms with Gasteiger partial charge in [-0.2, -0.15) is 0 Å². The fraction of sp³-hybridized carbons (Fsp3) is 0.500. The molecule has 1 atom stereocenters. The van der Waals surface area contributed by atoms with Gasteiger partial charge in [-0.1, -0.05) is 0 Å².